The number of aliphatic hydroxyl groups is 1. The third-order valence-corrected chi connectivity index (χ3v) is 6.45. The molecule has 0 amide bonds. The van der Waals surface area contributed by atoms with Gasteiger partial charge in [-0.2, -0.15) is 0 Å². The summed E-state index contributed by atoms with van der Waals surface area (Å²) >= 11 is 0. The second kappa shape index (κ2) is 14.4. The van der Waals surface area contributed by atoms with E-state index in [0.717, 1.165) is 39.4 Å². The van der Waals surface area contributed by atoms with Crippen LogP contribution in [0.2, 0.25) is 0 Å². The van der Waals surface area contributed by atoms with E-state index in [2.05, 4.69) is 50.2 Å². The summed E-state index contributed by atoms with van der Waals surface area (Å²) < 4.78 is 6.20. The van der Waals surface area contributed by atoms with Gasteiger partial charge in [-0.15, -0.1) is 24.3 Å². The van der Waals surface area contributed by atoms with Gasteiger partial charge in [-0.25, -0.2) is 0 Å². The number of carbonyl (C=O) groups excluding carboxylic acids is 1. The fourth-order valence-electron chi connectivity index (χ4n) is 4.88. The topological polar surface area (TPSA) is 59.4 Å². The van der Waals surface area contributed by atoms with Crippen molar-refractivity contribution in [3.05, 3.63) is 102 Å². The summed E-state index contributed by atoms with van der Waals surface area (Å²) in [6.07, 6.45) is 4.41. The molecular weight excluding hydrogens is 687 g/mol. The molecule has 5 rings (SSSR count). The predicted molar refractivity (Wildman–Crippen MR) is 164 cm³/mol. The van der Waals surface area contributed by atoms with Crippen LogP contribution in [-0.2, 0) is 24.9 Å². The first kappa shape index (κ1) is 32.0. The molecule has 0 saturated carbocycles. The normalized spacial score (nSPS) is 11.7. The fraction of sp³-hybridized carbons (Fsp3) is 0.278. The van der Waals surface area contributed by atoms with Gasteiger partial charge < -0.3 is 14.8 Å². The molecule has 1 aliphatic rings. The van der Waals surface area contributed by atoms with Gasteiger partial charge in [0.2, 0.25) is 0 Å². The van der Waals surface area contributed by atoms with E-state index in [1.165, 1.54) is 22.8 Å². The molecule has 0 aliphatic carbocycles. The third kappa shape index (κ3) is 8.48. The predicted octanol–water partition coefficient (Wildman–Crippen LogP) is 9.69. The number of benzene rings is 3. The zero-order valence-electron chi connectivity index (χ0n) is 24.6. The van der Waals surface area contributed by atoms with Crippen LogP contribution >= 0.6 is 0 Å². The number of fused-ring (bicyclic) bond motifs is 5. The van der Waals surface area contributed by atoms with Crippen molar-refractivity contribution in [2.75, 3.05) is 0 Å². The van der Waals surface area contributed by atoms with E-state index in [9.17, 15) is 9.90 Å². The van der Waals surface area contributed by atoms with Crippen molar-refractivity contribution < 1.29 is 34.7 Å². The molecule has 0 spiro atoms. The number of hydrogen-bond acceptors (Lipinski definition) is 4. The Morgan fingerprint density at radius 1 is 0.878 bits per heavy atom. The van der Waals surface area contributed by atoms with Crippen LogP contribution in [0.25, 0.3) is 33.5 Å². The maximum Gasteiger partial charge on any atom is 0.159 e. The fourth-order valence-corrected chi connectivity index (χ4v) is 4.88. The van der Waals surface area contributed by atoms with Crippen molar-refractivity contribution in [3.8, 4) is 45.0 Å². The summed E-state index contributed by atoms with van der Waals surface area (Å²) in [5.74, 6) is 2.61. The van der Waals surface area contributed by atoms with Gasteiger partial charge in [-0.1, -0.05) is 86.8 Å². The summed E-state index contributed by atoms with van der Waals surface area (Å²) in [7, 11) is 0. The first-order valence-corrected chi connectivity index (χ1v) is 13.9. The van der Waals surface area contributed by atoms with E-state index in [4.69, 9.17) is 9.72 Å². The van der Waals surface area contributed by atoms with Gasteiger partial charge in [-0.05, 0) is 54.1 Å². The minimum absolute atomic E-state index is 0. The number of aliphatic hydroxyl groups excluding tert-OH is 1. The number of aryl methyl sites for hydroxylation is 2. The number of aromatic nitrogens is 1. The van der Waals surface area contributed by atoms with Crippen LogP contribution in [0.3, 0.4) is 0 Å². The first-order chi connectivity index (χ1) is 19.1. The molecule has 0 atom stereocenters. The minimum Gasteiger partial charge on any atom is -0.512 e. The molecule has 4 aromatic rings. The number of carbonyl (C=O) groups is 1. The molecule has 0 bridgehead atoms. The summed E-state index contributed by atoms with van der Waals surface area (Å²) in [5.41, 5.74) is 8.72. The van der Waals surface area contributed by atoms with Gasteiger partial charge in [0, 0.05) is 56.5 Å². The molecule has 1 N–H and O–H groups in total. The molecule has 0 fully saturated rings. The Morgan fingerprint density at radius 3 is 2.22 bits per heavy atom. The van der Waals surface area contributed by atoms with Crippen LogP contribution < -0.4 is 4.74 Å². The first-order valence-electron chi connectivity index (χ1n) is 13.9. The number of nitrogens with zero attached hydrogens (tertiary/aromatic N) is 1. The Hall–Kier alpha value is -3.53. The second-order valence-electron chi connectivity index (χ2n) is 11.3. The Bertz CT molecular complexity index is 1520. The molecule has 0 unspecified atom stereocenters. The molecule has 3 aromatic carbocycles. The van der Waals surface area contributed by atoms with Crippen LogP contribution in [0.15, 0.2) is 84.8 Å². The van der Waals surface area contributed by atoms with Gasteiger partial charge in [-0.3, -0.25) is 4.79 Å². The van der Waals surface area contributed by atoms with Crippen molar-refractivity contribution >= 4 is 5.78 Å². The number of rotatable bonds is 6. The number of ether oxygens (including phenoxy) is 1. The number of hydrogen-bond donors (Lipinski definition) is 1. The van der Waals surface area contributed by atoms with Crippen LogP contribution in [0, 0.1) is 31.7 Å². The number of para-hydroxylation sites is 1. The van der Waals surface area contributed by atoms with Crippen LogP contribution in [0.1, 0.15) is 51.7 Å². The zero-order chi connectivity index (χ0) is 28.8. The quantitative estimate of drug-likeness (QED) is 0.108. The van der Waals surface area contributed by atoms with Crippen LogP contribution in [0.5, 0.6) is 11.5 Å². The van der Waals surface area contributed by atoms with E-state index in [1.54, 1.807) is 0 Å². The largest absolute Gasteiger partial charge is 0.512 e. The van der Waals surface area contributed by atoms with Crippen molar-refractivity contribution in [1.29, 1.82) is 0 Å². The zero-order valence-corrected chi connectivity index (χ0v) is 27.0. The molecule has 5 heteroatoms. The second-order valence-corrected chi connectivity index (χ2v) is 11.3. The molecule has 1 aromatic heterocycles. The van der Waals surface area contributed by atoms with E-state index in [1.807, 2.05) is 70.3 Å². The van der Waals surface area contributed by atoms with Gasteiger partial charge >= 0.3 is 0 Å². The smallest absolute Gasteiger partial charge is 0.159 e. The average molecular weight is 725 g/mol. The van der Waals surface area contributed by atoms with Gasteiger partial charge in [0.05, 0.1) is 5.76 Å². The number of pyridine rings is 1. The van der Waals surface area contributed by atoms with E-state index in [-0.39, 0.29) is 31.6 Å². The Balaban J connectivity index is 0.000000284. The number of allylic oxidation sites excluding steroid dienone is 2. The maximum absolute atomic E-state index is 11.2. The van der Waals surface area contributed by atoms with Crippen molar-refractivity contribution in [3.63, 3.8) is 0 Å². The molecule has 4 nitrogen and oxygen atoms in total. The van der Waals surface area contributed by atoms with Crippen LogP contribution in [-0.4, -0.2) is 15.9 Å². The van der Waals surface area contributed by atoms with Crippen molar-refractivity contribution in [2.24, 2.45) is 11.8 Å². The van der Waals surface area contributed by atoms with Gasteiger partial charge in [0.1, 0.15) is 5.75 Å². The monoisotopic (exact) mass is 725 g/mol. The number of ketones is 1. The SMILES string of the molecule is CC(C)CC(=O)C=C(O)CC(C)C.Cc1cc(C)cc(-c2cnc3c(c2)-c2ccccc2Oc2ccc[c-]c2-3)c1.[Ir]. The molecule has 41 heavy (non-hydrogen) atoms. The van der Waals surface area contributed by atoms with E-state index >= 15 is 0 Å². The summed E-state index contributed by atoms with van der Waals surface area (Å²) in [5, 5.41) is 9.34. The van der Waals surface area contributed by atoms with E-state index in [0.29, 0.717) is 24.7 Å². The summed E-state index contributed by atoms with van der Waals surface area (Å²) in [6.45, 7) is 12.3. The molecule has 0 saturated heterocycles. The Labute approximate surface area is 257 Å². The third-order valence-electron chi connectivity index (χ3n) is 6.45. The molecule has 1 aliphatic heterocycles. The summed E-state index contributed by atoms with van der Waals surface area (Å²) in [4.78, 5) is 16.1. The molecule has 215 valence electrons. The summed E-state index contributed by atoms with van der Waals surface area (Å²) in [6, 6.07) is 26.1. The standard InChI is InChI=1S/C25H18NO.C11H20O2.Ir/c1-16-11-17(2)13-18(12-16)19-14-22-20-7-3-5-9-23(20)27-24-10-6-4-8-21(24)25(22)26-15-19;1-8(2)5-10(12)7-11(13)6-9(3)4;/h3-7,9-15H,1-2H3;7-9,12H,5-6H2,1-4H3;/q-1;;. The van der Waals surface area contributed by atoms with Crippen molar-refractivity contribution in [1.82, 2.24) is 4.98 Å². The minimum atomic E-state index is 0. The Morgan fingerprint density at radius 2 is 1.54 bits per heavy atom. The molecular formula is C36H38IrNO3-. The Kier molecular flexibility index (Phi) is 11.2. The maximum atomic E-state index is 11.2. The average Bonchev–Trinajstić information content (AvgIpc) is 3.01. The van der Waals surface area contributed by atoms with Gasteiger partial charge in [0.15, 0.2) is 5.78 Å². The molecule has 1 radical (unpaired) electrons. The van der Waals surface area contributed by atoms with Crippen LogP contribution in [0.4, 0.5) is 0 Å². The van der Waals surface area contributed by atoms with Crippen molar-refractivity contribution in [2.45, 2.75) is 54.4 Å². The van der Waals surface area contributed by atoms with E-state index < -0.39 is 0 Å². The van der Waals surface area contributed by atoms with Gasteiger partial charge in [0.25, 0.3) is 0 Å². The molecule has 2 heterocycles.